The first-order valence-corrected chi connectivity index (χ1v) is 8.06. The molecule has 2 rings (SSSR count). The van der Waals surface area contributed by atoms with Gasteiger partial charge in [0.05, 0.1) is 12.8 Å². The standard InChI is InChI=1S/C18H25N3O2/c1-5-10-21-16(18(22)19-12-13(2)3)11-15(20-21)14-8-6-7-9-17(14)23-4/h6-9,11,13H,5,10,12H2,1-4H3,(H,19,22). The van der Waals surface area contributed by atoms with Crippen LogP contribution in [0.1, 0.15) is 37.7 Å². The van der Waals surface area contributed by atoms with Crippen molar-refractivity contribution < 1.29 is 9.53 Å². The molecule has 0 saturated carbocycles. The van der Waals surface area contributed by atoms with Gasteiger partial charge >= 0.3 is 0 Å². The Bertz CT molecular complexity index is 662. The lowest BCUT2D eigenvalue weighted by Gasteiger charge is -2.08. The Labute approximate surface area is 137 Å². The average Bonchev–Trinajstić information content (AvgIpc) is 2.96. The zero-order chi connectivity index (χ0) is 16.8. The number of aromatic nitrogens is 2. The van der Waals surface area contributed by atoms with Crippen LogP contribution in [0.3, 0.4) is 0 Å². The number of carbonyl (C=O) groups is 1. The Morgan fingerprint density at radius 2 is 2.09 bits per heavy atom. The molecule has 124 valence electrons. The molecule has 0 spiro atoms. The van der Waals surface area contributed by atoms with Crippen LogP contribution in [0.2, 0.25) is 0 Å². The van der Waals surface area contributed by atoms with Crippen LogP contribution in [0, 0.1) is 5.92 Å². The summed E-state index contributed by atoms with van der Waals surface area (Å²) in [6, 6.07) is 9.54. The molecule has 0 aliphatic rings. The van der Waals surface area contributed by atoms with Crippen LogP contribution in [0.15, 0.2) is 30.3 Å². The van der Waals surface area contributed by atoms with E-state index in [2.05, 4.69) is 31.2 Å². The van der Waals surface area contributed by atoms with E-state index < -0.39 is 0 Å². The van der Waals surface area contributed by atoms with E-state index in [1.165, 1.54) is 0 Å². The van der Waals surface area contributed by atoms with Gasteiger partial charge in [0.15, 0.2) is 0 Å². The molecule has 0 saturated heterocycles. The quantitative estimate of drug-likeness (QED) is 0.852. The monoisotopic (exact) mass is 315 g/mol. The molecule has 1 amide bonds. The third kappa shape index (κ3) is 4.12. The number of aryl methyl sites for hydroxylation is 1. The van der Waals surface area contributed by atoms with Crippen molar-refractivity contribution in [3.05, 3.63) is 36.0 Å². The van der Waals surface area contributed by atoms with Crippen LogP contribution in [0.5, 0.6) is 5.75 Å². The van der Waals surface area contributed by atoms with Gasteiger partial charge in [0.2, 0.25) is 0 Å². The number of ether oxygens (including phenoxy) is 1. The van der Waals surface area contributed by atoms with E-state index in [1.54, 1.807) is 11.8 Å². The highest BCUT2D eigenvalue weighted by Crippen LogP contribution is 2.29. The predicted molar refractivity (Wildman–Crippen MR) is 91.7 cm³/mol. The molecule has 0 aliphatic heterocycles. The molecule has 1 heterocycles. The molecule has 5 nitrogen and oxygen atoms in total. The Balaban J connectivity index is 2.36. The first-order chi connectivity index (χ1) is 11.1. The normalized spacial score (nSPS) is 10.8. The lowest BCUT2D eigenvalue weighted by Crippen LogP contribution is -2.29. The molecule has 0 bridgehead atoms. The van der Waals surface area contributed by atoms with Crippen molar-refractivity contribution in [3.63, 3.8) is 0 Å². The number of amides is 1. The first kappa shape index (κ1) is 17.1. The molecule has 0 atom stereocenters. The van der Waals surface area contributed by atoms with Gasteiger partial charge in [-0.3, -0.25) is 9.48 Å². The maximum atomic E-state index is 12.4. The number of hydrogen-bond donors (Lipinski definition) is 1. The van der Waals surface area contributed by atoms with E-state index >= 15 is 0 Å². The van der Waals surface area contributed by atoms with Crippen LogP contribution in [-0.2, 0) is 6.54 Å². The molecule has 0 aliphatic carbocycles. The number of rotatable bonds is 7. The summed E-state index contributed by atoms with van der Waals surface area (Å²) in [5.74, 6) is 1.08. The van der Waals surface area contributed by atoms with Gasteiger partial charge in [-0.1, -0.05) is 32.9 Å². The Morgan fingerprint density at radius 1 is 1.35 bits per heavy atom. The van der Waals surface area contributed by atoms with E-state index in [-0.39, 0.29) is 5.91 Å². The molecule has 23 heavy (non-hydrogen) atoms. The average molecular weight is 315 g/mol. The summed E-state index contributed by atoms with van der Waals surface area (Å²) in [4.78, 5) is 12.4. The second-order valence-corrected chi connectivity index (χ2v) is 5.94. The zero-order valence-corrected chi connectivity index (χ0v) is 14.3. The highest BCUT2D eigenvalue weighted by atomic mass is 16.5. The lowest BCUT2D eigenvalue weighted by atomic mass is 10.1. The molecule has 1 aromatic carbocycles. The lowest BCUT2D eigenvalue weighted by molar-refractivity contribution is 0.0938. The first-order valence-electron chi connectivity index (χ1n) is 8.06. The number of carbonyl (C=O) groups excluding carboxylic acids is 1. The van der Waals surface area contributed by atoms with E-state index in [1.807, 2.05) is 30.3 Å². The largest absolute Gasteiger partial charge is 0.496 e. The highest BCUT2D eigenvalue weighted by Gasteiger charge is 2.17. The molecule has 5 heteroatoms. The Hall–Kier alpha value is -2.30. The van der Waals surface area contributed by atoms with E-state index in [4.69, 9.17) is 4.74 Å². The molecule has 0 fully saturated rings. The number of benzene rings is 1. The smallest absolute Gasteiger partial charge is 0.269 e. The van der Waals surface area contributed by atoms with Crippen LogP contribution in [0.25, 0.3) is 11.3 Å². The minimum Gasteiger partial charge on any atom is -0.496 e. The van der Waals surface area contributed by atoms with Crippen LogP contribution in [-0.4, -0.2) is 29.3 Å². The Morgan fingerprint density at radius 3 is 2.74 bits per heavy atom. The minimum atomic E-state index is -0.0826. The maximum absolute atomic E-state index is 12.4. The molecular formula is C18H25N3O2. The summed E-state index contributed by atoms with van der Waals surface area (Å²) >= 11 is 0. The van der Waals surface area contributed by atoms with Crippen molar-refractivity contribution in [2.24, 2.45) is 5.92 Å². The fourth-order valence-corrected chi connectivity index (χ4v) is 2.36. The van der Waals surface area contributed by atoms with E-state index in [0.717, 1.165) is 23.4 Å². The second kappa shape index (κ2) is 7.81. The summed E-state index contributed by atoms with van der Waals surface area (Å²) in [5, 5.41) is 7.56. The van der Waals surface area contributed by atoms with Gasteiger partial charge in [-0.15, -0.1) is 0 Å². The topological polar surface area (TPSA) is 56.2 Å². The van der Waals surface area contributed by atoms with Crippen molar-refractivity contribution in [2.75, 3.05) is 13.7 Å². The number of hydrogen-bond acceptors (Lipinski definition) is 3. The van der Waals surface area contributed by atoms with Crippen molar-refractivity contribution in [2.45, 2.75) is 33.7 Å². The molecule has 1 N–H and O–H groups in total. The van der Waals surface area contributed by atoms with Crippen LogP contribution >= 0.6 is 0 Å². The Kier molecular flexibility index (Phi) is 5.79. The fraction of sp³-hybridized carbons (Fsp3) is 0.444. The maximum Gasteiger partial charge on any atom is 0.269 e. The number of nitrogens with one attached hydrogen (secondary N) is 1. The second-order valence-electron chi connectivity index (χ2n) is 5.94. The van der Waals surface area contributed by atoms with Gasteiger partial charge in [0, 0.05) is 18.7 Å². The number of para-hydroxylation sites is 1. The summed E-state index contributed by atoms with van der Waals surface area (Å²) in [7, 11) is 1.64. The van der Waals surface area contributed by atoms with Gasteiger partial charge in [-0.2, -0.15) is 5.10 Å². The van der Waals surface area contributed by atoms with Gasteiger partial charge in [-0.25, -0.2) is 0 Å². The number of methoxy groups -OCH3 is 1. The summed E-state index contributed by atoms with van der Waals surface area (Å²) in [5.41, 5.74) is 2.24. The van der Waals surface area contributed by atoms with Gasteiger partial charge in [0.1, 0.15) is 11.4 Å². The highest BCUT2D eigenvalue weighted by molar-refractivity contribution is 5.93. The van der Waals surface area contributed by atoms with Gasteiger partial charge < -0.3 is 10.1 Å². The SMILES string of the molecule is CCCn1nc(-c2ccccc2OC)cc1C(=O)NCC(C)C. The third-order valence-corrected chi connectivity index (χ3v) is 3.50. The van der Waals surface area contributed by atoms with Crippen molar-refractivity contribution >= 4 is 5.91 Å². The summed E-state index contributed by atoms with van der Waals surface area (Å²) in [6.07, 6.45) is 0.914. The zero-order valence-electron chi connectivity index (χ0n) is 14.3. The number of nitrogens with zero attached hydrogens (tertiary/aromatic N) is 2. The minimum absolute atomic E-state index is 0.0826. The van der Waals surface area contributed by atoms with Gasteiger partial charge in [-0.05, 0) is 30.5 Å². The summed E-state index contributed by atoms with van der Waals surface area (Å²) < 4.78 is 7.17. The van der Waals surface area contributed by atoms with Crippen molar-refractivity contribution in [1.29, 1.82) is 0 Å². The predicted octanol–water partition coefficient (Wildman–Crippen LogP) is 3.35. The van der Waals surface area contributed by atoms with Crippen LogP contribution < -0.4 is 10.1 Å². The van der Waals surface area contributed by atoms with Crippen LogP contribution in [0.4, 0.5) is 0 Å². The molecule has 0 radical (unpaired) electrons. The van der Waals surface area contributed by atoms with Crippen molar-refractivity contribution in [3.8, 4) is 17.0 Å². The molecule has 2 aromatic rings. The molecule has 1 aromatic heterocycles. The van der Waals surface area contributed by atoms with E-state index in [9.17, 15) is 4.79 Å². The molecule has 0 unspecified atom stereocenters. The third-order valence-electron chi connectivity index (χ3n) is 3.50. The van der Waals surface area contributed by atoms with Crippen molar-refractivity contribution in [1.82, 2.24) is 15.1 Å². The fourth-order valence-electron chi connectivity index (χ4n) is 2.36. The van der Waals surface area contributed by atoms with E-state index in [0.29, 0.717) is 24.7 Å². The van der Waals surface area contributed by atoms with Gasteiger partial charge in [0.25, 0.3) is 5.91 Å². The summed E-state index contributed by atoms with van der Waals surface area (Å²) in [6.45, 7) is 7.58. The molecular weight excluding hydrogens is 290 g/mol.